The molecule has 1 aliphatic heterocycles. The second-order valence-corrected chi connectivity index (χ2v) is 4.85. The average Bonchev–Trinajstić information content (AvgIpc) is 2.39. The van der Waals surface area contributed by atoms with Crippen molar-refractivity contribution in [3.05, 3.63) is 23.9 Å². The van der Waals surface area contributed by atoms with E-state index in [-0.39, 0.29) is 11.4 Å². The number of amides is 1. The topological polar surface area (TPSA) is 63.2 Å². The lowest BCUT2D eigenvalue weighted by Gasteiger charge is -2.34. The van der Waals surface area contributed by atoms with Gasteiger partial charge in [0, 0.05) is 25.4 Å². The molecule has 1 aromatic rings. The Bertz CT molecular complexity index is 428. The second-order valence-electron chi connectivity index (χ2n) is 4.85. The zero-order valence-electron chi connectivity index (χ0n) is 10.8. The Morgan fingerprint density at radius 1 is 1.56 bits per heavy atom. The van der Waals surface area contributed by atoms with E-state index in [1.165, 1.54) is 0 Å². The zero-order valence-corrected chi connectivity index (χ0v) is 10.8. The van der Waals surface area contributed by atoms with Gasteiger partial charge in [0.2, 0.25) is 0 Å². The van der Waals surface area contributed by atoms with Crippen molar-refractivity contribution in [3.63, 3.8) is 0 Å². The van der Waals surface area contributed by atoms with Crippen LogP contribution in [0.1, 0.15) is 30.1 Å². The van der Waals surface area contributed by atoms with Crippen LogP contribution >= 0.6 is 0 Å². The van der Waals surface area contributed by atoms with Crippen LogP contribution in [0.3, 0.4) is 0 Å². The van der Waals surface area contributed by atoms with Crippen LogP contribution in [0.5, 0.6) is 0 Å². The molecular formula is C13H19N3O2. The van der Waals surface area contributed by atoms with Gasteiger partial charge in [-0.3, -0.25) is 4.79 Å². The summed E-state index contributed by atoms with van der Waals surface area (Å²) in [5.41, 5.74) is 0.347. The van der Waals surface area contributed by atoms with Crippen molar-refractivity contribution in [2.75, 3.05) is 25.6 Å². The summed E-state index contributed by atoms with van der Waals surface area (Å²) in [4.78, 5) is 16.3. The van der Waals surface area contributed by atoms with E-state index in [2.05, 4.69) is 15.6 Å². The number of carbonyl (C=O) groups is 1. The molecule has 18 heavy (non-hydrogen) atoms. The highest BCUT2D eigenvalue weighted by Gasteiger charge is 2.29. The first-order valence-corrected chi connectivity index (χ1v) is 6.17. The Kier molecular flexibility index (Phi) is 3.81. The molecule has 2 rings (SSSR count). The SMILES string of the molecule is CNc1cc(C(=O)NC2(C)CCCOC2)ccn1. The lowest BCUT2D eigenvalue weighted by molar-refractivity contribution is 0.0272. The van der Waals surface area contributed by atoms with Crippen molar-refractivity contribution >= 4 is 11.7 Å². The Labute approximate surface area is 107 Å². The van der Waals surface area contributed by atoms with Gasteiger partial charge in [-0.1, -0.05) is 0 Å². The summed E-state index contributed by atoms with van der Waals surface area (Å²) in [6.45, 7) is 3.37. The highest BCUT2D eigenvalue weighted by molar-refractivity contribution is 5.95. The Morgan fingerprint density at radius 3 is 3.06 bits per heavy atom. The smallest absolute Gasteiger partial charge is 0.251 e. The molecule has 1 amide bonds. The lowest BCUT2D eigenvalue weighted by atomic mass is 9.94. The molecule has 0 aliphatic carbocycles. The normalized spacial score (nSPS) is 23.4. The molecule has 1 saturated heterocycles. The predicted octanol–water partition coefficient (Wildman–Crippen LogP) is 1.42. The average molecular weight is 249 g/mol. The molecule has 98 valence electrons. The van der Waals surface area contributed by atoms with Gasteiger partial charge in [-0.2, -0.15) is 0 Å². The van der Waals surface area contributed by atoms with E-state index in [0.717, 1.165) is 19.4 Å². The highest BCUT2D eigenvalue weighted by atomic mass is 16.5. The minimum absolute atomic E-state index is 0.0816. The Balaban J connectivity index is 2.06. The van der Waals surface area contributed by atoms with Gasteiger partial charge in [-0.25, -0.2) is 4.98 Å². The van der Waals surface area contributed by atoms with Crippen LogP contribution in [-0.2, 0) is 4.74 Å². The molecule has 0 spiro atoms. The monoisotopic (exact) mass is 249 g/mol. The van der Waals surface area contributed by atoms with Gasteiger partial charge < -0.3 is 15.4 Å². The first kappa shape index (κ1) is 12.8. The molecular weight excluding hydrogens is 230 g/mol. The minimum Gasteiger partial charge on any atom is -0.379 e. The number of hydrogen-bond donors (Lipinski definition) is 2. The lowest BCUT2D eigenvalue weighted by Crippen LogP contribution is -2.51. The van der Waals surface area contributed by atoms with Crippen molar-refractivity contribution in [2.45, 2.75) is 25.3 Å². The van der Waals surface area contributed by atoms with E-state index >= 15 is 0 Å². The molecule has 0 bridgehead atoms. The van der Waals surface area contributed by atoms with Gasteiger partial charge in [0.1, 0.15) is 5.82 Å². The zero-order chi connectivity index (χ0) is 13.0. The van der Waals surface area contributed by atoms with E-state index < -0.39 is 0 Å². The van der Waals surface area contributed by atoms with Crippen LogP contribution in [0.15, 0.2) is 18.3 Å². The maximum atomic E-state index is 12.2. The molecule has 0 aromatic carbocycles. The van der Waals surface area contributed by atoms with Crippen molar-refractivity contribution < 1.29 is 9.53 Å². The number of hydrogen-bond acceptors (Lipinski definition) is 4. The number of pyridine rings is 1. The van der Waals surface area contributed by atoms with Crippen molar-refractivity contribution in [3.8, 4) is 0 Å². The summed E-state index contributed by atoms with van der Waals surface area (Å²) in [7, 11) is 1.78. The molecule has 0 radical (unpaired) electrons. The van der Waals surface area contributed by atoms with Crippen molar-refractivity contribution in [2.24, 2.45) is 0 Å². The first-order valence-electron chi connectivity index (χ1n) is 6.17. The highest BCUT2D eigenvalue weighted by Crippen LogP contribution is 2.19. The fraction of sp³-hybridized carbons (Fsp3) is 0.538. The summed E-state index contributed by atoms with van der Waals surface area (Å²) < 4.78 is 5.43. The molecule has 1 atom stereocenters. The van der Waals surface area contributed by atoms with Gasteiger partial charge in [0.25, 0.3) is 5.91 Å². The molecule has 2 N–H and O–H groups in total. The standard InChI is InChI=1S/C13H19N3O2/c1-13(5-3-7-18-9-13)16-12(17)10-4-6-15-11(8-10)14-2/h4,6,8H,3,5,7,9H2,1-2H3,(H,14,15)(H,16,17). The Hall–Kier alpha value is -1.62. The third-order valence-electron chi connectivity index (χ3n) is 3.13. The molecule has 1 aliphatic rings. The summed E-state index contributed by atoms with van der Waals surface area (Å²) in [5.74, 6) is 0.606. The van der Waals surface area contributed by atoms with Crippen LogP contribution in [-0.4, -0.2) is 36.7 Å². The predicted molar refractivity (Wildman–Crippen MR) is 69.7 cm³/mol. The van der Waals surface area contributed by atoms with Crippen LogP contribution in [0.25, 0.3) is 0 Å². The van der Waals surface area contributed by atoms with E-state index in [1.54, 1.807) is 25.4 Å². The van der Waals surface area contributed by atoms with Crippen molar-refractivity contribution in [1.82, 2.24) is 10.3 Å². The fourth-order valence-electron chi connectivity index (χ4n) is 2.09. The molecule has 0 saturated carbocycles. The van der Waals surface area contributed by atoms with Gasteiger partial charge in [-0.05, 0) is 31.9 Å². The fourth-order valence-corrected chi connectivity index (χ4v) is 2.09. The largest absolute Gasteiger partial charge is 0.379 e. The molecule has 5 heteroatoms. The number of anilines is 1. The van der Waals surface area contributed by atoms with Crippen LogP contribution < -0.4 is 10.6 Å². The maximum absolute atomic E-state index is 12.2. The number of nitrogens with zero attached hydrogens (tertiary/aromatic N) is 1. The van der Waals surface area contributed by atoms with Gasteiger partial charge in [-0.15, -0.1) is 0 Å². The van der Waals surface area contributed by atoms with E-state index in [1.807, 2.05) is 6.92 Å². The van der Waals surface area contributed by atoms with E-state index in [4.69, 9.17) is 4.74 Å². The van der Waals surface area contributed by atoms with Gasteiger partial charge >= 0.3 is 0 Å². The Morgan fingerprint density at radius 2 is 2.39 bits per heavy atom. The van der Waals surface area contributed by atoms with E-state index in [9.17, 15) is 4.79 Å². The summed E-state index contributed by atoms with van der Waals surface area (Å²) in [6.07, 6.45) is 3.55. The summed E-state index contributed by atoms with van der Waals surface area (Å²) in [5, 5.41) is 5.96. The number of nitrogens with one attached hydrogen (secondary N) is 2. The van der Waals surface area contributed by atoms with E-state index in [0.29, 0.717) is 18.0 Å². The quantitative estimate of drug-likeness (QED) is 0.850. The second kappa shape index (κ2) is 5.35. The first-order chi connectivity index (χ1) is 8.63. The van der Waals surface area contributed by atoms with Gasteiger partial charge in [0.15, 0.2) is 0 Å². The minimum atomic E-state index is -0.265. The van der Waals surface area contributed by atoms with Crippen LogP contribution in [0, 0.1) is 0 Å². The maximum Gasteiger partial charge on any atom is 0.251 e. The van der Waals surface area contributed by atoms with Crippen LogP contribution in [0.4, 0.5) is 5.82 Å². The van der Waals surface area contributed by atoms with Crippen LogP contribution in [0.2, 0.25) is 0 Å². The van der Waals surface area contributed by atoms with Crippen molar-refractivity contribution in [1.29, 1.82) is 0 Å². The molecule has 1 fully saturated rings. The number of ether oxygens (including phenoxy) is 1. The summed E-state index contributed by atoms with van der Waals surface area (Å²) >= 11 is 0. The molecule has 2 heterocycles. The number of rotatable bonds is 3. The molecule has 5 nitrogen and oxygen atoms in total. The van der Waals surface area contributed by atoms with Gasteiger partial charge in [0.05, 0.1) is 12.1 Å². The summed E-state index contributed by atoms with van der Waals surface area (Å²) in [6, 6.07) is 3.45. The number of aromatic nitrogens is 1. The third kappa shape index (κ3) is 2.98. The third-order valence-corrected chi connectivity index (χ3v) is 3.13. The molecule has 1 unspecified atom stereocenters. The molecule has 1 aromatic heterocycles. The number of carbonyl (C=O) groups excluding carboxylic acids is 1.